The summed E-state index contributed by atoms with van der Waals surface area (Å²) in [5.74, 6) is 0.425. The van der Waals surface area contributed by atoms with Gasteiger partial charge in [0, 0.05) is 33.9 Å². The number of anilines is 1. The number of H-pyrrole nitrogens is 1. The first-order valence-electron chi connectivity index (χ1n) is 12.7. The van der Waals surface area contributed by atoms with E-state index in [-0.39, 0.29) is 11.9 Å². The largest absolute Gasteiger partial charge is 0.416 e. The number of hydrogen-bond acceptors (Lipinski definition) is 4. The van der Waals surface area contributed by atoms with E-state index in [2.05, 4.69) is 17.2 Å². The van der Waals surface area contributed by atoms with Crippen molar-refractivity contribution in [1.29, 1.82) is 0 Å². The molecule has 38 heavy (non-hydrogen) atoms. The first kappa shape index (κ1) is 25.8. The summed E-state index contributed by atoms with van der Waals surface area (Å²) in [5.41, 5.74) is 5.85. The monoisotopic (exact) mass is 530 g/mol. The molecule has 0 fully saturated rings. The number of nitrogens with one attached hydrogen (secondary N) is 2. The number of aryl methyl sites for hydroxylation is 1. The molecule has 0 saturated carbocycles. The third-order valence-corrected chi connectivity index (χ3v) is 7.07. The number of hydrogen-bond donors (Lipinski definition) is 2. The van der Waals surface area contributed by atoms with Gasteiger partial charge in [-0.15, -0.1) is 0 Å². The highest BCUT2D eigenvalue weighted by Crippen LogP contribution is 2.39. The number of benzene rings is 3. The number of aromatic amines is 1. The smallest absolute Gasteiger partial charge is 0.410 e. The van der Waals surface area contributed by atoms with Gasteiger partial charge in [0.15, 0.2) is 0 Å². The van der Waals surface area contributed by atoms with E-state index in [9.17, 15) is 9.59 Å². The quantitative estimate of drug-likeness (QED) is 0.319. The van der Waals surface area contributed by atoms with Crippen LogP contribution in [0.3, 0.4) is 0 Å². The molecule has 1 atom stereocenters. The number of aromatic nitrogens is 1. The van der Waals surface area contributed by atoms with E-state index in [1.165, 1.54) is 5.56 Å². The molecule has 196 valence electrons. The van der Waals surface area contributed by atoms with Crippen LogP contribution in [0.4, 0.5) is 10.5 Å². The Balaban J connectivity index is 1.48. The minimum absolute atomic E-state index is 0.0884. The van der Waals surface area contributed by atoms with Crippen LogP contribution in [-0.4, -0.2) is 54.0 Å². The highest BCUT2D eigenvalue weighted by atomic mass is 35.5. The normalized spacial score (nSPS) is 15.0. The van der Waals surface area contributed by atoms with Crippen LogP contribution >= 0.6 is 11.6 Å². The molecule has 0 spiro atoms. The van der Waals surface area contributed by atoms with Crippen LogP contribution in [0.1, 0.15) is 35.3 Å². The minimum atomic E-state index is -0.412. The van der Waals surface area contributed by atoms with Crippen LogP contribution in [0.5, 0.6) is 5.75 Å². The van der Waals surface area contributed by atoms with E-state index in [1.807, 2.05) is 85.7 Å². The van der Waals surface area contributed by atoms with Crippen LogP contribution in [0.15, 0.2) is 66.7 Å². The summed E-state index contributed by atoms with van der Waals surface area (Å²) >= 11 is 6.32. The molecule has 0 bridgehead atoms. The maximum Gasteiger partial charge on any atom is 0.416 e. The first-order valence-corrected chi connectivity index (χ1v) is 13.1. The molecule has 8 heteroatoms. The van der Waals surface area contributed by atoms with Gasteiger partial charge in [0.1, 0.15) is 11.8 Å². The van der Waals surface area contributed by atoms with Crippen molar-refractivity contribution in [3.05, 3.63) is 94.1 Å². The molecular formula is C30H31ClN4O3. The van der Waals surface area contributed by atoms with Crippen molar-refractivity contribution in [3.8, 4) is 5.75 Å². The third-order valence-electron chi connectivity index (χ3n) is 6.83. The highest BCUT2D eigenvalue weighted by Gasteiger charge is 2.35. The Bertz CT molecular complexity index is 1460. The van der Waals surface area contributed by atoms with Crippen molar-refractivity contribution in [2.75, 3.05) is 32.5 Å². The van der Waals surface area contributed by atoms with Gasteiger partial charge in [-0.2, -0.15) is 0 Å². The molecule has 7 nitrogen and oxygen atoms in total. The van der Waals surface area contributed by atoms with Crippen molar-refractivity contribution >= 4 is 40.2 Å². The number of rotatable bonds is 6. The van der Waals surface area contributed by atoms with Gasteiger partial charge >= 0.3 is 6.09 Å². The average molecular weight is 531 g/mol. The average Bonchev–Trinajstić information content (AvgIpc) is 3.26. The first-order chi connectivity index (χ1) is 18.3. The Morgan fingerprint density at radius 2 is 1.82 bits per heavy atom. The lowest BCUT2D eigenvalue weighted by atomic mass is 9.92. The van der Waals surface area contributed by atoms with E-state index in [1.54, 1.807) is 4.90 Å². The maximum atomic E-state index is 13.5. The van der Waals surface area contributed by atoms with Gasteiger partial charge in [-0.3, -0.25) is 9.69 Å². The molecule has 0 aliphatic carbocycles. The Morgan fingerprint density at radius 1 is 1.08 bits per heavy atom. The number of halogens is 1. The predicted octanol–water partition coefficient (Wildman–Crippen LogP) is 6.03. The number of ether oxygens (including phenoxy) is 1. The van der Waals surface area contributed by atoms with Gasteiger partial charge < -0.3 is 19.9 Å². The molecule has 4 aromatic rings. The summed E-state index contributed by atoms with van der Waals surface area (Å²) < 4.78 is 5.82. The summed E-state index contributed by atoms with van der Waals surface area (Å²) in [6.07, 6.45) is 1.18. The summed E-state index contributed by atoms with van der Waals surface area (Å²) in [6, 6.07) is 20.6. The van der Waals surface area contributed by atoms with Crippen LogP contribution in [-0.2, 0) is 17.6 Å². The van der Waals surface area contributed by atoms with Gasteiger partial charge in [0.2, 0.25) is 5.91 Å². The van der Waals surface area contributed by atoms with Crippen LogP contribution in [0.25, 0.3) is 10.9 Å². The molecule has 2 heterocycles. The van der Waals surface area contributed by atoms with Gasteiger partial charge in [-0.05, 0) is 86.1 Å². The molecule has 2 N–H and O–H groups in total. The Morgan fingerprint density at radius 3 is 2.50 bits per heavy atom. The molecule has 2 amide bonds. The minimum Gasteiger partial charge on any atom is -0.410 e. The zero-order valence-corrected chi connectivity index (χ0v) is 22.5. The van der Waals surface area contributed by atoms with E-state index in [0.29, 0.717) is 36.0 Å². The number of fused-ring (bicyclic) bond motifs is 3. The van der Waals surface area contributed by atoms with Crippen molar-refractivity contribution in [3.63, 3.8) is 0 Å². The van der Waals surface area contributed by atoms with Gasteiger partial charge in [0.25, 0.3) is 0 Å². The maximum absolute atomic E-state index is 13.5. The fourth-order valence-electron chi connectivity index (χ4n) is 4.99. The molecule has 1 aromatic heterocycles. The van der Waals surface area contributed by atoms with Crippen molar-refractivity contribution in [1.82, 2.24) is 14.8 Å². The zero-order chi connectivity index (χ0) is 26.8. The molecule has 5 rings (SSSR count). The molecule has 0 radical (unpaired) electrons. The summed E-state index contributed by atoms with van der Waals surface area (Å²) in [7, 11) is 3.70. The van der Waals surface area contributed by atoms with E-state index < -0.39 is 6.09 Å². The van der Waals surface area contributed by atoms with E-state index >= 15 is 0 Å². The molecular weight excluding hydrogens is 500 g/mol. The highest BCUT2D eigenvalue weighted by molar-refractivity contribution is 6.31. The van der Waals surface area contributed by atoms with Gasteiger partial charge in [-0.25, -0.2) is 4.79 Å². The van der Waals surface area contributed by atoms with Gasteiger partial charge in [0.05, 0.1) is 6.54 Å². The SMILES string of the molecule is CCc1ccc(OC(=O)N2CCc3c([nH]c4ccc(Cl)cc34)C2c2ccc(NC(=O)CN(C)C)cc2)cc1. The van der Waals surface area contributed by atoms with E-state index in [4.69, 9.17) is 16.3 Å². The summed E-state index contributed by atoms with van der Waals surface area (Å²) in [6.45, 7) is 2.87. The fourth-order valence-corrected chi connectivity index (χ4v) is 5.17. The van der Waals surface area contributed by atoms with Crippen molar-refractivity contribution in [2.45, 2.75) is 25.8 Å². The van der Waals surface area contributed by atoms with Crippen LogP contribution in [0.2, 0.25) is 5.02 Å². The lowest BCUT2D eigenvalue weighted by Crippen LogP contribution is -2.42. The lowest BCUT2D eigenvalue weighted by molar-refractivity contribution is -0.116. The van der Waals surface area contributed by atoms with Gasteiger partial charge in [-0.1, -0.05) is 42.8 Å². The number of carbonyl (C=O) groups is 2. The second-order valence-electron chi connectivity index (χ2n) is 9.83. The Kier molecular flexibility index (Phi) is 7.40. The second-order valence-corrected chi connectivity index (χ2v) is 10.3. The van der Waals surface area contributed by atoms with Crippen LogP contribution < -0.4 is 10.1 Å². The molecule has 3 aromatic carbocycles. The van der Waals surface area contributed by atoms with Crippen molar-refractivity contribution < 1.29 is 14.3 Å². The zero-order valence-electron chi connectivity index (χ0n) is 21.8. The Hall–Kier alpha value is -3.81. The van der Waals surface area contributed by atoms with Crippen molar-refractivity contribution in [2.24, 2.45) is 0 Å². The molecule has 1 aliphatic heterocycles. The fraction of sp³-hybridized carbons (Fsp3) is 0.267. The van der Waals surface area contributed by atoms with Crippen LogP contribution in [0, 0.1) is 0 Å². The number of carbonyl (C=O) groups excluding carboxylic acids is 2. The lowest BCUT2D eigenvalue weighted by Gasteiger charge is -2.35. The summed E-state index contributed by atoms with van der Waals surface area (Å²) in [4.78, 5) is 32.8. The molecule has 1 aliphatic rings. The number of amides is 2. The third kappa shape index (κ3) is 5.39. The van der Waals surface area contributed by atoms with E-state index in [0.717, 1.165) is 34.1 Å². The number of likely N-dealkylation sites (N-methyl/N-ethyl adjacent to an activating group) is 1. The topological polar surface area (TPSA) is 77.7 Å². The number of nitrogens with zero attached hydrogens (tertiary/aromatic N) is 2. The molecule has 0 saturated heterocycles. The summed E-state index contributed by atoms with van der Waals surface area (Å²) in [5, 5.41) is 4.65. The molecule has 1 unspecified atom stereocenters. The standard InChI is InChI=1S/C30H31ClN4O3/c1-4-19-5-12-23(13-6-19)38-30(37)35-16-15-24-25-17-21(31)9-14-26(25)33-28(24)29(35)20-7-10-22(11-8-20)32-27(36)18-34(2)3/h5-14,17,29,33H,4,15-16,18H2,1-3H3,(H,32,36). The second kappa shape index (κ2) is 10.9. The predicted molar refractivity (Wildman–Crippen MR) is 151 cm³/mol. The Labute approximate surface area is 227 Å².